The van der Waals surface area contributed by atoms with E-state index in [4.69, 9.17) is 0 Å². The Morgan fingerprint density at radius 2 is 1.07 bits per heavy atom. The van der Waals surface area contributed by atoms with Gasteiger partial charge in [-0.1, -0.05) is 0 Å². The molecule has 164 valence electrons. The Balaban J connectivity index is 1.48. The maximum atomic E-state index is 14.3. The van der Waals surface area contributed by atoms with Crippen molar-refractivity contribution in [1.29, 1.82) is 0 Å². The fourth-order valence-corrected chi connectivity index (χ4v) is 10.5. The van der Waals surface area contributed by atoms with E-state index in [0.717, 1.165) is 6.42 Å². The molecule has 29 heavy (non-hydrogen) atoms. The van der Waals surface area contributed by atoms with Gasteiger partial charge in [-0.05, 0) is 106 Å². The van der Waals surface area contributed by atoms with Crippen molar-refractivity contribution >= 4 is 0 Å². The monoisotopic (exact) mass is 422 g/mol. The first-order valence-electron chi connectivity index (χ1n) is 11.1. The first kappa shape index (κ1) is 19.2. The van der Waals surface area contributed by atoms with E-state index in [0.29, 0.717) is 25.7 Å². The van der Waals surface area contributed by atoms with Gasteiger partial charge >= 0.3 is 12.4 Å². The van der Waals surface area contributed by atoms with Crippen LogP contribution >= 0.6 is 0 Å². The van der Waals surface area contributed by atoms with Gasteiger partial charge in [0.15, 0.2) is 0 Å². The van der Waals surface area contributed by atoms with Crippen molar-refractivity contribution in [3.63, 3.8) is 0 Å². The van der Waals surface area contributed by atoms with Crippen LogP contribution in [0, 0.1) is 39.4 Å². The largest absolute Gasteiger partial charge is 0.394 e. The van der Waals surface area contributed by atoms with E-state index in [2.05, 4.69) is 0 Å². The van der Waals surface area contributed by atoms with Gasteiger partial charge < -0.3 is 5.11 Å². The van der Waals surface area contributed by atoms with Crippen molar-refractivity contribution in [2.75, 3.05) is 0 Å². The van der Waals surface area contributed by atoms with Crippen molar-refractivity contribution < 1.29 is 31.4 Å². The summed E-state index contributed by atoms with van der Waals surface area (Å²) in [6, 6.07) is 0. The van der Waals surface area contributed by atoms with E-state index in [1.54, 1.807) is 0 Å². The van der Waals surface area contributed by atoms with Crippen LogP contribution in [-0.2, 0) is 0 Å². The van der Waals surface area contributed by atoms with Crippen LogP contribution in [-0.4, -0.2) is 23.1 Å². The molecule has 1 nitrogen and oxygen atoms in total. The van der Waals surface area contributed by atoms with Gasteiger partial charge in [0.2, 0.25) is 0 Å². The van der Waals surface area contributed by atoms with E-state index >= 15 is 0 Å². The van der Waals surface area contributed by atoms with Crippen molar-refractivity contribution in [2.24, 2.45) is 39.4 Å². The van der Waals surface area contributed by atoms with E-state index in [1.165, 1.54) is 0 Å². The molecule has 0 heterocycles. The smallest absolute Gasteiger partial charge is 0.390 e. The molecule has 0 radical (unpaired) electrons. The standard InChI is InChI=1S/C22H28F6O/c23-21(24,25)17-4-13-1-14(5-17)3-16(2-13,9-17)18-6-15-7-19(10-18,22(26,27)28)12-20(29,8-15)11-18/h13-15,29H,1-12H2. The highest BCUT2D eigenvalue weighted by molar-refractivity contribution is 5.23. The molecule has 1 N–H and O–H groups in total. The Morgan fingerprint density at radius 1 is 0.552 bits per heavy atom. The summed E-state index contributed by atoms with van der Waals surface area (Å²) in [5.41, 5.74) is -6.45. The van der Waals surface area contributed by atoms with Gasteiger partial charge in [-0.25, -0.2) is 0 Å². The highest BCUT2D eigenvalue weighted by atomic mass is 19.4. The van der Waals surface area contributed by atoms with Gasteiger partial charge in [-0.3, -0.25) is 0 Å². The summed E-state index contributed by atoms with van der Waals surface area (Å²) >= 11 is 0. The Hall–Kier alpha value is -0.460. The van der Waals surface area contributed by atoms with Crippen molar-refractivity contribution in [2.45, 2.75) is 95.0 Å². The first-order chi connectivity index (χ1) is 13.2. The third kappa shape index (κ3) is 2.24. The average molecular weight is 422 g/mol. The van der Waals surface area contributed by atoms with Crippen LogP contribution in [0.25, 0.3) is 0 Å². The van der Waals surface area contributed by atoms with E-state index in [-0.39, 0.29) is 62.7 Å². The van der Waals surface area contributed by atoms with Gasteiger partial charge in [0.1, 0.15) is 0 Å². The minimum Gasteiger partial charge on any atom is -0.390 e. The zero-order valence-corrected chi connectivity index (χ0v) is 16.4. The van der Waals surface area contributed by atoms with Gasteiger partial charge in [0.05, 0.1) is 16.4 Å². The topological polar surface area (TPSA) is 20.2 Å². The molecule has 0 spiro atoms. The molecule has 0 aromatic carbocycles. The summed E-state index contributed by atoms with van der Waals surface area (Å²) in [6.45, 7) is 0. The third-order valence-electron chi connectivity index (χ3n) is 10.4. The van der Waals surface area contributed by atoms with Crippen molar-refractivity contribution in [1.82, 2.24) is 0 Å². The molecular formula is C22H28F6O. The normalized spacial score (nSPS) is 58.2. The number of hydrogen-bond donors (Lipinski definition) is 1. The van der Waals surface area contributed by atoms with Crippen LogP contribution < -0.4 is 0 Å². The molecule has 8 aliphatic rings. The maximum absolute atomic E-state index is 14.3. The average Bonchev–Trinajstić information content (AvgIpc) is 2.49. The van der Waals surface area contributed by atoms with Crippen LogP contribution in [0.3, 0.4) is 0 Å². The second-order valence-electron chi connectivity index (χ2n) is 12.3. The van der Waals surface area contributed by atoms with Gasteiger partial charge in [-0.2, -0.15) is 26.3 Å². The molecule has 0 saturated heterocycles. The number of hydrogen-bond acceptors (Lipinski definition) is 1. The molecule has 8 bridgehead atoms. The fourth-order valence-electron chi connectivity index (χ4n) is 10.5. The molecule has 6 unspecified atom stereocenters. The number of halogens is 6. The summed E-state index contributed by atoms with van der Waals surface area (Å²) in [4.78, 5) is 0. The predicted octanol–water partition coefficient (Wildman–Crippen LogP) is 6.40. The summed E-state index contributed by atoms with van der Waals surface area (Å²) < 4.78 is 85.6. The lowest BCUT2D eigenvalue weighted by Gasteiger charge is -2.75. The van der Waals surface area contributed by atoms with Crippen molar-refractivity contribution in [3.8, 4) is 0 Å². The summed E-state index contributed by atoms with van der Waals surface area (Å²) in [6.07, 6.45) is -5.34. The number of alkyl halides is 6. The van der Waals surface area contributed by atoms with Crippen LogP contribution in [0.5, 0.6) is 0 Å². The Bertz CT molecular complexity index is 743. The summed E-state index contributed by atoms with van der Waals surface area (Å²) in [5, 5.41) is 11.2. The van der Waals surface area contributed by atoms with Crippen LogP contribution in [0.15, 0.2) is 0 Å². The lowest BCUT2D eigenvalue weighted by Crippen LogP contribution is -2.71. The maximum Gasteiger partial charge on any atom is 0.394 e. The minimum atomic E-state index is -4.41. The molecule has 7 heteroatoms. The van der Waals surface area contributed by atoms with E-state index in [1.807, 2.05) is 0 Å². The number of rotatable bonds is 1. The highest BCUT2D eigenvalue weighted by Gasteiger charge is 2.78. The molecular weight excluding hydrogens is 394 g/mol. The molecule has 8 saturated carbocycles. The van der Waals surface area contributed by atoms with Crippen molar-refractivity contribution in [3.05, 3.63) is 0 Å². The first-order valence-corrected chi connectivity index (χ1v) is 11.1. The van der Waals surface area contributed by atoms with Gasteiger partial charge in [0, 0.05) is 0 Å². The second kappa shape index (κ2) is 4.96. The predicted molar refractivity (Wildman–Crippen MR) is 92.7 cm³/mol. The third-order valence-corrected chi connectivity index (χ3v) is 10.4. The number of aliphatic hydroxyl groups is 1. The van der Waals surface area contributed by atoms with E-state index in [9.17, 15) is 31.4 Å². The lowest BCUT2D eigenvalue weighted by molar-refractivity contribution is -0.355. The van der Waals surface area contributed by atoms with Crippen LogP contribution in [0.4, 0.5) is 26.3 Å². The Kier molecular flexibility index (Phi) is 3.29. The Morgan fingerprint density at radius 3 is 1.62 bits per heavy atom. The van der Waals surface area contributed by atoms with Gasteiger partial charge in [0.25, 0.3) is 0 Å². The molecule has 8 aliphatic carbocycles. The molecule has 0 amide bonds. The SMILES string of the molecule is OC12CC3CC(C(F)(F)F)(C1)CC(C14CC5CC(CC(C(F)(F)F)(C5)C1)C4)(C3)C2. The second-order valence-corrected chi connectivity index (χ2v) is 12.3. The summed E-state index contributed by atoms with van der Waals surface area (Å²) in [5.74, 6) is -0.266. The lowest BCUT2D eigenvalue weighted by atomic mass is 9.30. The van der Waals surface area contributed by atoms with Gasteiger partial charge in [-0.15, -0.1) is 0 Å². The zero-order chi connectivity index (χ0) is 20.7. The Labute approximate surface area is 166 Å². The fraction of sp³-hybridized carbons (Fsp3) is 1.00. The van der Waals surface area contributed by atoms with Crippen LogP contribution in [0.2, 0.25) is 0 Å². The molecule has 6 atom stereocenters. The molecule has 0 aromatic heterocycles. The molecule has 8 rings (SSSR count). The molecule has 8 fully saturated rings. The van der Waals surface area contributed by atoms with E-state index < -0.39 is 39.6 Å². The quantitative estimate of drug-likeness (QED) is 0.485. The minimum absolute atomic E-state index is 0.00671. The van der Waals surface area contributed by atoms with Crippen LogP contribution in [0.1, 0.15) is 77.0 Å². The zero-order valence-electron chi connectivity index (χ0n) is 16.4. The molecule has 0 aliphatic heterocycles. The molecule has 0 aromatic rings. The highest BCUT2D eigenvalue weighted by Crippen LogP contribution is 2.81. The summed E-state index contributed by atoms with van der Waals surface area (Å²) in [7, 11) is 0.